The van der Waals surface area contributed by atoms with Gasteiger partial charge in [-0.1, -0.05) is 6.07 Å². The highest BCUT2D eigenvalue weighted by Gasteiger charge is 2.27. The summed E-state index contributed by atoms with van der Waals surface area (Å²) in [5.74, 6) is 0. The van der Waals surface area contributed by atoms with Gasteiger partial charge in [-0.05, 0) is 45.4 Å². The first kappa shape index (κ1) is 13.3. The molecule has 3 rings (SSSR count). The van der Waals surface area contributed by atoms with Gasteiger partial charge < -0.3 is 0 Å². The van der Waals surface area contributed by atoms with Crippen LogP contribution in [0.1, 0.15) is 42.9 Å². The number of nitrogens with zero attached hydrogens (tertiary/aromatic N) is 3. The van der Waals surface area contributed by atoms with Crippen LogP contribution in [0.3, 0.4) is 0 Å². The number of carbonyl (C=O) groups excluding carboxylic acids is 1. The number of rotatable bonds is 4. The maximum Gasteiger partial charge on any atom is 0.166 e. The van der Waals surface area contributed by atoms with Crippen LogP contribution in [-0.2, 0) is 6.42 Å². The van der Waals surface area contributed by atoms with E-state index in [4.69, 9.17) is 0 Å². The summed E-state index contributed by atoms with van der Waals surface area (Å²) in [6, 6.07) is 6.82. The Balaban J connectivity index is 1.86. The topological polar surface area (TPSA) is 37.6 Å². The molecule has 1 aliphatic rings. The van der Waals surface area contributed by atoms with Crippen LogP contribution in [0.4, 0.5) is 0 Å². The van der Waals surface area contributed by atoms with Crippen molar-refractivity contribution in [3.63, 3.8) is 0 Å². The average molecular weight is 271 g/mol. The molecule has 1 fully saturated rings. The number of likely N-dealkylation sites (tertiary alicyclic amines) is 1. The van der Waals surface area contributed by atoms with Crippen LogP contribution in [0.2, 0.25) is 0 Å². The molecule has 0 saturated carbocycles. The quantitative estimate of drug-likeness (QED) is 0.802. The van der Waals surface area contributed by atoms with Crippen LogP contribution in [0.5, 0.6) is 0 Å². The molecule has 1 aliphatic heterocycles. The monoisotopic (exact) mass is 271 g/mol. The molecule has 0 aromatic carbocycles. The van der Waals surface area contributed by atoms with Crippen LogP contribution in [0.15, 0.2) is 24.4 Å². The maximum atomic E-state index is 11.1. The lowest BCUT2D eigenvalue weighted by Crippen LogP contribution is -2.36. The third-order valence-corrected chi connectivity index (χ3v) is 4.23. The first-order valence-electron chi connectivity index (χ1n) is 7.37. The molecular weight excluding hydrogens is 250 g/mol. The van der Waals surface area contributed by atoms with E-state index in [1.807, 2.05) is 28.8 Å². The van der Waals surface area contributed by atoms with E-state index in [2.05, 4.69) is 23.7 Å². The largest absolute Gasteiger partial charge is 0.298 e. The number of aromatic nitrogens is 2. The van der Waals surface area contributed by atoms with Gasteiger partial charge in [-0.2, -0.15) is 0 Å². The third-order valence-electron chi connectivity index (χ3n) is 4.23. The van der Waals surface area contributed by atoms with Gasteiger partial charge in [0, 0.05) is 24.7 Å². The van der Waals surface area contributed by atoms with Gasteiger partial charge in [-0.25, -0.2) is 4.98 Å². The summed E-state index contributed by atoms with van der Waals surface area (Å²) in [7, 11) is 0. The number of pyridine rings is 1. The van der Waals surface area contributed by atoms with Crippen molar-refractivity contribution in [2.75, 3.05) is 6.54 Å². The van der Waals surface area contributed by atoms with Gasteiger partial charge >= 0.3 is 0 Å². The highest BCUT2D eigenvalue weighted by Crippen LogP contribution is 2.23. The first-order valence-corrected chi connectivity index (χ1v) is 7.37. The Morgan fingerprint density at radius 2 is 2.30 bits per heavy atom. The lowest BCUT2D eigenvalue weighted by atomic mass is 10.1. The SMILES string of the molecule is CC(C)N1CCCC1Cc1cn2c(C=O)cccc2n1. The number of aldehydes is 1. The second-order valence-electron chi connectivity index (χ2n) is 5.86. The lowest BCUT2D eigenvalue weighted by molar-refractivity contribution is 0.111. The van der Waals surface area contributed by atoms with E-state index in [-0.39, 0.29) is 0 Å². The van der Waals surface area contributed by atoms with E-state index in [0.29, 0.717) is 17.8 Å². The Kier molecular flexibility index (Phi) is 3.57. The Bertz CT molecular complexity index is 617. The summed E-state index contributed by atoms with van der Waals surface area (Å²) in [6.07, 6.45) is 6.38. The average Bonchev–Trinajstić information content (AvgIpc) is 3.04. The predicted molar refractivity (Wildman–Crippen MR) is 79.1 cm³/mol. The van der Waals surface area contributed by atoms with Crippen LogP contribution < -0.4 is 0 Å². The van der Waals surface area contributed by atoms with Gasteiger partial charge in [-0.15, -0.1) is 0 Å². The van der Waals surface area contributed by atoms with Gasteiger partial charge in [0.15, 0.2) is 6.29 Å². The molecule has 20 heavy (non-hydrogen) atoms. The van der Waals surface area contributed by atoms with Crippen LogP contribution in [0.25, 0.3) is 5.65 Å². The summed E-state index contributed by atoms with van der Waals surface area (Å²) in [6.45, 7) is 5.70. The standard InChI is InChI=1S/C16H21N3O/c1-12(2)18-8-4-6-14(18)9-13-10-19-15(11-20)5-3-7-16(19)17-13/h3,5,7,10-12,14H,4,6,8-9H2,1-2H3. The summed E-state index contributed by atoms with van der Waals surface area (Å²) in [4.78, 5) is 18.3. The number of carbonyl (C=O) groups is 1. The molecule has 1 unspecified atom stereocenters. The zero-order chi connectivity index (χ0) is 14.1. The van der Waals surface area contributed by atoms with E-state index < -0.39 is 0 Å². The molecule has 4 heteroatoms. The smallest absolute Gasteiger partial charge is 0.166 e. The molecule has 0 aliphatic carbocycles. The Labute approximate surface area is 119 Å². The van der Waals surface area contributed by atoms with Crippen molar-refractivity contribution in [2.24, 2.45) is 0 Å². The van der Waals surface area contributed by atoms with E-state index in [9.17, 15) is 4.79 Å². The van der Waals surface area contributed by atoms with Crippen molar-refractivity contribution in [3.8, 4) is 0 Å². The van der Waals surface area contributed by atoms with Gasteiger partial charge in [0.1, 0.15) is 5.65 Å². The molecule has 0 bridgehead atoms. The molecule has 1 saturated heterocycles. The molecule has 4 nitrogen and oxygen atoms in total. The molecule has 0 spiro atoms. The van der Waals surface area contributed by atoms with Crippen molar-refractivity contribution in [3.05, 3.63) is 35.8 Å². The fourth-order valence-electron chi connectivity index (χ4n) is 3.28. The van der Waals surface area contributed by atoms with Gasteiger partial charge in [-0.3, -0.25) is 14.1 Å². The minimum atomic E-state index is 0.583. The zero-order valence-electron chi connectivity index (χ0n) is 12.1. The van der Waals surface area contributed by atoms with Crippen molar-refractivity contribution in [1.29, 1.82) is 0 Å². The fraction of sp³-hybridized carbons (Fsp3) is 0.500. The second-order valence-corrected chi connectivity index (χ2v) is 5.86. The summed E-state index contributed by atoms with van der Waals surface area (Å²) in [5.41, 5.74) is 2.60. The van der Waals surface area contributed by atoms with Gasteiger partial charge in [0.25, 0.3) is 0 Å². The Morgan fingerprint density at radius 3 is 3.05 bits per heavy atom. The number of fused-ring (bicyclic) bond motifs is 1. The van der Waals surface area contributed by atoms with Crippen molar-refractivity contribution in [1.82, 2.24) is 14.3 Å². The summed E-state index contributed by atoms with van der Waals surface area (Å²) in [5, 5.41) is 0. The minimum Gasteiger partial charge on any atom is -0.298 e. The Hall–Kier alpha value is -1.68. The lowest BCUT2D eigenvalue weighted by Gasteiger charge is -2.27. The van der Waals surface area contributed by atoms with E-state index in [1.54, 1.807) is 0 Å². The summed E-state index contributed by atoms with van der Waals surface area (Å²) < 4.78 is 1.89. The maximum absolute atomic E-state index is 11.1. The molecule has 1 atom stereocenters. The van der Waals surface area contributed by atoms with Crippen molar-refractivity contribution in [2.45, 2.75) is 45.2 Å². The highest BCUT2D eigenvalue weighted by molar-refractivity contribution is 5.73. The van der Waals surface area contributed by atoms with Crippen molar-refractivity contribution < 1.29 is 4.79 Å². The van der Waals surface area contributed by atoms with Gasteiger partial charge in [0.2, 0.25) is 0 Å². The van der Waals surface area contributed by atoms with Crippen molar-refractivity contribution >= 4 is 11.9 Å². The van der Waals surface area contributed by atoms with E-state index in [0.717, 1.165) is 24.0 Å². The molecule has 0 amide bonds. The number of hydrogen-bond donors (Lipinski definition) is 0. The molecule has 2 aromatic rings. The predicted octanol–water partition coefficient (Wildman–Crippen LogP) is 2.56. The summed E-state index contributed by atoms with van der Waals surface area (Å²) >= 11 is 0. The zero-order valence-corrected chi connectivity index (χ0v) is 12.1. The third kappa shape index (κ3) is 2.36. The second kappa shape index (κ2) is 5.37. The first-order chi connectivity index (χ1) is 9.69. The molecule has 3 heterocycles. The van der Waals surface area contributed by atoms with Crippen LogP contribution in [0, 0.1) is 0 Å². The normalized spacial score (nSPS) is 20.1. The van der Waals surface area contributed by atoms with Crippen LogP contribution >= 0.6 is 0 Å². The number of imidazole rings is 1. The fourth-order valence-corrected chi connectivity index (χ4v) is 3.28. The van der Waals surface area contributed by atoms with E-state index in [1.165, 1.54) is 19.4 Å². The molecule has 0 radical (unpaired) electrons. The van der Waals surface area contributed by atoms with Crippen LogP contribution in [-0.4, -0.2) is 39.2 Å². The molecule has 0 N–H and O–H groups in total. The number of hydrogen-bond acceptors (Lipinski definition) is 3. The van der Waals surface area contributed by atoms with Gasteiger partial charge in [0.05, 0.1) is 11.4 Å². The molecule has 2 aromatic heterocycles. The molecular formula is C16H21N3O. The minimum absolute atomic E-state index is 0.583. The molecule has 106 valence electrons. The van der Waals surface area contributed by atoms with E-state index >= 15 is 0 Å². The highest BCUT2D eigenvalue weighted by atomic mass is 16.1. The Morgan fingerprint density at radius 1 is 1.45 bits per heavy atom.